The second kappa shape index (κ2) is 5.83. The molecule has 1 atom stereocenters. The van der Waals surface area contributed by atoms with Crippen LogP contribution < -0.4 is 0 Å². The number of nitrogens with zero attached hydrogens (tertiary/aromatic N) is 1. The molecule has 0 amide bonds. The summed E-state index contributed by atoms with van der Waals surface area (Å²) in [5.74, 6) is 0.0571. The van der Waals surface area contributed by atoms with Gasteiger partial charge in [0.05, 0.1) is 17.4 Å². The lowest BCUT2D eigenvalue weighted by Gasteiger charge is -2.03. The van der Waals surface area contributed by atoms with E-state index in [9.17, 15) is 10.2 Å². The highest BCUT2D eigenvalue weighted by molar-refractivity contribution is 6.31. The van der Waals surface area contributed by atoms with Crippen LogP contribution in [0, 0.1) is 0 Å². The van der Waals surface area contributed by atoms with E-state index in [4.69, 9.17) is 11.6 Å². The van der Waals surface area contributed by atoms with Crippen LogP contribution in [0.4, 0.5) is 5.69 Å². The lowest BCUT2D eigenvalue weighted by Crippen LogP contribution is -1.88. The third-order valence-electron chi connectivity index (χ3n) is 3.50. The lowest BCUT2D eigenvalue weighted by atomic mass is 10.1. The molecular weight excluding hydrogens is 300 g/mol. The molecule has 0 saturated heterocycles. The first-order valence-corrected chi connectivity index (χ1v) is 7.24. The quantitative estimate of drug-likeness (QED) is 0.630. The monoisotopic (exact) mass is 314 g/mol. The zero-order valence-corrected chi connectivity index (χ0v) is 12.7. The van der Waals surface area contributed by atoms with E-state index in [0.717, 1.165) is 22.2 Å². The highest BCUT2D eigenvalue weighted by atomic mass is 35.5. The van der Waals surface area contributed by atoms with Crippen molar-refractivity contribution in [3.05, 3.63) is 58.6 Å². The van der Waals surface area contributed by atoms with Crippen LogP contribution in [-0.4, -0.2) is 21.4 Å². The van der Waals surface area contributed by atoms with E-state index in [1.807, 2.05) is 30.3 Å². The lowest BCUT2D eigenvalue weighted by molar-refractivity contribution is 0.199. The van der Waals surface area contributed by atoms with Gasteiger partial charge in [-0.05, 0) is 42.8 Å². The molecule has 2 aromatic carbocycles. The molecule has 4 nitrogen and oxygen atoms in total. The number of fused-ring (bicyclic) bond motifs is 1. The van der Waals surface area contributed by atoms with Gasteiger partial charge < -0.3 is 15.2 Å². The Bertz CT molecular complexity index is 836. The van der Waals surface area contributed by atoms with Crippen LogP contribution in [0.15, 0.2) is 47.5 Å². The summed E-state index contributed by atoms with van der Waals surface area (Å²) in [7, 11) is 0. The maximum absolute atomic E-state index is 10.00. The molecule has 0 aliphatic carbocycles. The zero-order chi connectivity index (χ0) is 15.7. The predicted octanol–water partition coefficient (Wildman–Crippen LogP) is 4.33. The molecule has 1 heterocycles. The zero-order valence-electron chi connectivity index (χ0n) is 11.9. The van der Waals surface area contributed by atoms with Crippen molar-refractivity contribution in [1.29, 1.82) is 0 Å². The number of aromatic amines is 1. The van der Waals surface area contributed by atoms with E-state index in [2.05, 4.69) is 9.98 Å². The van der Waals surface area contributed by atoms with Crippen LogP contribution in [0.1, 0.15) is 24.2 Å². The molecular formula is C17H15ClN2O2. The van der Waals surface area contributed by atoms with Gasteiger partial charge in [-0.15, -0.1) is 0 Å². The molecule has 3 N–H and O–H groups in total. The highest BCUT2D eigenvalue weighted by Crippen LogP contribution is 2.28. The third-order valence-corrected chi connectivity index (χ3v) is 3.73. The van der Waals surface area contributed by atoms with Gasteiger partial charge >= 0.3 is 0 Å². The molecule has 0 saturated carbocycles. The average molecular weight is 315 g/mol. The first kappa shape index (κ1) is 14.6. The number of H-pyrrole nitrogens is 1. The van der Waals surface area contributed by atoms with Gasteiger partial charge in [0.15, 0.2) is 5.88 Å². The van der Waals surface area contributed by atoms with Crippen LogP contribution in [0.2, 0.25) is 5.02 Å². The minimum Gasteiger partial charge on any atom is -0.494 e. The van der Waals surface area contributed by atoms with E-state index in [-0.39, 0.29) is 5.88 Å². The van der Waals surface area contributed by atoms with Crippen molar-refractivity contribution >= 4 is 34.4 Å². The molecule has 0 fully saturated rings. The van der Waals surface area contributed by atoms with Crippen molar-refractivity contribution < 1.29 is 10.2 Å². The number of aromatic nitrogens is 1. The Labute approximate surface area is 132 Å². The molecule has 22 heavy (non-hydrogen) atoms. The summed E-state index contributed by atoms with van der Waals surface area (Å²) >= 11 is 6.00. The molecule has 0 radical (unpaired) electrons. The summed E-state index contributed by atoms with van der Waals surface area (Å²) in [6, 6.07) is 12.6. The van der Waals surface area contributed by atoms with Crippen LogP contribution in [0.3, 0.4) is 0 Å². The summed E-state index contributed by atoms with van der Waals surface area (Å²) in [4.78, 5) is 7.25. The van der Waals surface area contributed by atoms with Crippen LogP contribution >= 0.6 is 11.6 Å². The Morgan fingerprint density at radius 2 is 1.91 bits per heavy atom. The molecule has 5 heteroatoms. The summed E-state index contributed by atoms with van der Waals surface area (Å²) in [5.41, 5.74) is 2.96. The smallest absolute Gasteiger partial charge is 0.198 e. The Morgan fingerprint density at radius 1 is 1.18 bits per heavy atom. The number of aliphatic hydroxyl groups is 1. The molecule has 3 aromatic rings. The minimum absolute atomic E-state index is 0.0571. The largest absolute Gasteiger partial charge is 0.494 e. The highest BCUT2D eigenvalue weighted by Gasteiger charge is 2.09. The maximum atomic E-state index is 10.00. The second-order valence-electron chi connectivity index (χ2n) is 5.10. The Balaban J connectivity index is 1.95. The Morgan fingerprint density at radius 3 is 2.59 bits per heavy atom. The number of hydrogen-bond donors (Lipinski definition) is 3. The molecule has 0 aliphatic rings. The summed E-state index contributed by atoms with van der Waals surface area (Å²) in [6.07, 6.45) is 1.10. The van der Waals surface area contributed by atoms with Gasteiger partial charge in [0.2, 0.25) is 0 Å². The second-order valence-corrected chi connectivity index (χ2v) is 5.54. The van der Waals surface area contributed by atoms with Crippen molar-refractivity contribution in [2.24, 2.45) is 4.99 Å². The first-order chi connectivity index (χ1) is 10.5. The van der Waals surface area contributed by atoms with E-state index >= 15 is 0 Å². The number of aliphatic hydroxyl groups excluding tert-OH is 1. The van der Waals surface area contributed by atoms with Crippen LogP contribution in [0.25, 0.3) is 10.9 Å². The first-order valence-electron chi connectivity index (χ1n) is 6.87. The number of rotatable bonds is 3. The van der Waals surface area contributed by atoms with Gasteiger partial charge in [0, 0.05) is 22.1 Å². The molecule has 1 unspecified atom stereocenters. The normalized spacial score (nSPS) is 13.0. The topological polar surface area (TPSA) is 68.6 Å². The van der Waals surface area contributed by atoms with Gasteiger partial charge in [-0.1, -0.05) is 23.7 Å². The number of benzene rings is 2. The van der Waals surface area contributed by atoms with Gasteiger partial charge in [-0.3, -0.25) is 4.99 Å². The maximum Gasteiger partial charge on any atom is 0.198 e. The van der Waals surface area contributed by atoms with Crippen molar-refractivity contribution in [3.8, 4) is 5.88 Å². The van der Waals surface area contributed by atoms with Crippen LogP contribution in [-0.2, 0) is 0 Å². The van der Waals surface area contributed by atoms with E-state index in [1.165, 1.54) is 0 Å². The van der Waals surface area contributed by atoms with Crippen molar-refractivity contribution in [2.75, 3.05) is 0 Å². The van der Waals surface area contributed by atoms with Gasteiger partial charge in [-0.2, -0.15) is 0 Å². The van der Waals surface area contributed by atoms with Gasteiger partial charge in [0.25, 0.3) is 0 Å². The van der Waals surface area contributed by atoms with Crippen LogP contribution in [0.5, 0.6) is 5.88 Å². The molecule has 0 bridgehead atoms. The number of nitrogens with one attached hydrogen (secondary N) is 1. The van der Waals surface area contributed by atoms with E-state index in [1.54, 1.807) is 25.3 Å². The summed E-state index contributed by atoms with van der Waals surface area (Å²) in [5, 5.41) is 20.9. The fraction of sp³-hybridized carbons (Fsp3) is 0.118. The van der Waals surface area contributed by atoms with Gasteiger partial charge in [-0.25, -0.2) is 0 Å². The minimum atomic E-state index is -0.502. The Kier molecular flexibility index (Phi) is 3.88. The number of aromatic hydroxyl groups is 1. The Hall–Kier alpha value is -2.30. The number of hydrogen-bond acceptors (Lipinski definition) is 3. The van der Waals surface area contributed by atoms with E-state index < -0.39 is 6.10 Å². The van der Waals surface area contributed by atoms with E-state index in [0.29, 0.717) is 10.6 Å². The molecule has 0 spiro atoms. The van der Waals surface area contributed by atoms with Crippen molar-refractivity contribution in [3.63, 3.8) is 0 Å². The fourth-order valence-corrected chi connectivity index (χ4v) is 2.45. The fourth-order valence-electron chi connectivity index (χ4n) is 2.28. The SMILES string of the molecule is CC(O)c1ccc(N=Cc2c(O)[nH]c3ccc(Cl)cc23)cc1. The standard InChI is InChI=1S/C17H15ClN2O2/c1-10(21)11-2-5-13(6-3-11)19-9-15-14-8-12(18)4-7-16(14)20-17(15)22/h2-10,20-22H,1H3. The summed E-state index contributed by atoms with van der Waals surface area (Å²) in [6.45, 7) is 1.71. The summed E-state index contributed by atoms with van der Waals surface area (Å²) < 4.78 is 0. The molecule has 112 valence electrons. The number of halogens is 1. The molecule has 3 rings (SSSR count). The van der Waals surface area contributed by atoms with Gasteiger partial charge in [0.1, 0.15) is 0 Å². The van der Waals surface area contributed by atoms with Crippen molar-refractivity contribution in [1.82, 2.24) is 4.98 Å². The number of aliphatic imine (C=N–C) groups is 1. The average Bonchev–Trinajstić information content (AvgIpc) is 2.80. The molecule has 0 aliphatic heterocycles. The van der Waals surface area contributed by atoms with Crippen molar-refractivity contribution in [2.45, 2.75) is 13.0 Å². The molecule has 1 aromatic heterocycles. The third kappa shape index (κ3) is 2.84. The predicted molar refractivity (Wildman–Crippen MR) is 89.3 cm³/mol.